The number of rotatable bonds is 4. The van der Waals surface area contributed by atoms with Crippen LogP contribution in [0.25, 0.3) is 16.6 Å². The Morgan fingerprint density at radius 1 is 1.20 bits per heavy atom. The number of carbonyl (C=O) groups excluding carboxylic acids is 1. The van der Waals surface area contributed by atoms with E-state index in [0.29, 0.717) is 22.0 Å². The van der Waals surface area contributed by atoms with Crippen molar-refractivity contribution >= 4 is 28.6 Å². The van der Waals surface area contributed by atoms with Crippen LogP contribution in [0.1, 0.15) is 30.9 Å². The molecule has 1 amide bonds. The van der Waals surface area contributed by atoms with E-state index in [4.69, 9.17) is 4.98 Å². The van der Waals surface area contributed by atoms with E-state index in [-0.39, 0.29) is 17.2 Å². The number of aromatic nitrogens is 2. The zero-order valence-corrected chi connectivity index (χ0v) is 18.5. The predicted molar refractivity (Wildman–Crippen MR) is 123 cm³/mol. The number of para-hydroxylation sites is 1. The lowest BCUT2D eigenvalue weighted by Gasteiger charge is -2.30. The van der Waals surface area contributed by atoms with Gasteiger partial charge >= 0.3 is 0 Å². The highest BCUT2D eigenvalue weighted by atomic mass is 32.2. The molecule has 0 radical (unpaired) electrons. The van der Waals surface area contributed by atoms with Crippen molar-refractivity contribution in [2.75, 3.05) is 18.8 Å². The van der Waals surface area contributed by atoms with Crippen molar-refractivity contribution in [1.82, 2.24) is 14.5 Å². The van der Waals surface area contributed by atoms with Crippen LogP contribution in [0.5, 0.6) is 0 Å². The fourth-order valence-electron chi connectivity index (χ4n) is 4.11. The van der Waals surface area contributed by atoms with Crippen molar-refractivity contribution in [3.05, 3.63) is 63.9 Å². The van der Waals surface area contributed by atoms with Gasteiger partial charge in [-0.05, 0) is 56.4 Å². The number of aryl methyl sites for hydroxylation is 2. The molecule has 1 fully saturated rings. The Labute approximate surface area is 181 Å². The molecule has 0 aliphatic carbocycles. The smallest absolute Gasteiger partial charge is 0.266 e. The van der Waals surface area contributed by atoms with E-state index in [1.54, 1.807) is 10.6 Å². The highest BCUT2D eigenvalue weighted by molar-refractivity contribution is 7.99. The van der Waals surface area contributed by atoms with Gasteiger partial charge in [0, 0.05) is 13.1 Å². The van der Waals surface area contributed by atoms with Gasteiger partial charge in [-0.3, -0.25) is 14.2 Å². The van der Waals surface area contributed by atoms with Gasteiger partial charge < -0.3 is 4.90 Å². The predicted octanol–water partition coefficient (Wildman–Crippen LogP) is 4.35. The molecule has 1 saturated heterocycles. The lowest BCUT2D eigenvalue weighted by Crippen LogP contribution is -2.40. The zero-order valence-electron chi connectivity index (χ0n) is 17.7. The van der Waals surface area contributed by atoms with Gasteiger partial charge in [0.1, 0.15) is 0 Å². The summed E-state index contributed by atoms with van der Waals surface area (Å²) in [6.07, 6.45) is 2.23. The van der Waals surface area contributed by atoms with E-state index in [9.17, 15) is 9.59 Å². The Morgan fingerprint density at radius 2 is 2.00 bits per heavy atom. The second kappa shape index (κ2) is 8.64. The highest BCUT2D eigenvalue weighted by Crippen LogP contribution is 2.25. The van der Waals surface area contributed by atoms with E-state index in [0.717, 1.165) is 36.3 Å². The standard InChI is InChI=1S/C24H27N3O2S/c1-16-10-11-21(18(3)13-16)27-23(29)19-8-4-5-9-20(19)25-24(27)30-15-22(28)26-12-6-7-17(2)14-26/h4-5,8-11,13,17H,6-7,12,14-15H2,1-3H3/t17-/m0/s1. The van der Waals surface area contributed by atoms with Gasteiger partial charge in [-0.25, -0.2) is 4.98 Å². The molecule has 1 atom stereocenters. The molecule has 0 saturated carbocycles. The van der Waals surface area contributed by atoms with Gasteiger partial charge in [-0.1, -0.05) is 48.5 Å². The monoisotopic (exact) mass is 421 g/mol. The fraction of sp³-hybridized carbons (Fsp3) is 0.375. The van der Waals surface area contributed by atoms with Crippen molar-refractivity contribution < 1.29 is 4.79 Å². The summed E-state index contributed by atoms with van der Waals surface area (Å²) in [5.41, 5.74) is 3.51. The normalized spacial score (nSPS) is 16.8. The van der Waals surface area contributed by atoms with Gasteiger partial charge in [-0.15, -0.1) is 0 Å². The molecule has 0 N–H and O–H groups in total. The number of piperidine rings is 1. The third-order valence-electron chi connectivity index (χ3n) is 5.67. The minimum Gasteiger partial charge on any atom is -0.342 e. The van der Waals surface area contributed by atoms with E-state index in [2.05, 4.69) is 13.0 Å². The maximum absolute atomic E-state index is 13.4. The number of fused-ring (bicyclic) bond motifs is 1. The Kier molecular flexibility index (Phi) is 5.95. The summed E-state index contributed by atoms with van der Waals surface area (Å²) in [6.45, 7) is 7.85. The van der Waals surface area contributed by atoms with Crippen LogP contribution in [-0.4, -0.2) is 39.2 Å². The lowest BCUT2D eigenvalue weighted by atomic mass is 10.0. The van der Waals surface area contributed by atoms with E-state index >= 15 is 0 Å². The molecule has 156 valence electrons. The summed E-state index contributed by atoms with van der Waals surface area (Å²) < 4.78 is 1.66. The second-order valence-corrected chi connectivity index (χ2v) is 9.16. The number of benzene rings is 2. The molecular weight excluding hydrogens is 394 g/mol. The number of nitrogens with zero attached hydrogens (tertiary/aromatic N) is 3. The molecular formula is C24H27N3O2S. The molecule has 4 rings (SSSR count). The first kappa shape index (κ1) is 20.7. The first-order valence-electron chi connectivity index (χ1n) is 10.4. The maximum Gasteiger partial charge on any atom is 0.266 e. The van der Waals surface area contributed by atoms with Gasteiger partial charge in [-0.2, -0.15) is 0 Å². The van der Waals surface area contributed by atoms with Crippen molar-refractivity contribution in [2.45, 2.75) is 38.8 Å². The largest absolute Gasteiger partial charge is 0.342 e. The van der Waals surface area contributed by atoms with Crippen molar-refractivity contribution in [3.8, 4) is 5.69 Å². The molecule has 6 heteroatoms. The average Bonchev–Trinajstić information content (AvgIpc) is 2.73. The molecule has 3 aromatic rings. The summed E-state index contributed by atoms with van der Waals surface area (Å²) >= 11 is 1.35. The van der Waals surface area contributed by atoms with Gasteiger partial charge in [0.2, 0.25) is 5.91 Å². The molecule has 5 nitrogen and oxygen atoms in total. The van der Waals surface area contributed by atoms with Crippen LogP contribution in [0, 0.1) is 19.8 Å². The van der Waals surface area contributed by atoms with Crippen molar-refractivity contribution in [1.29, 1.82) is 0 Å². The highest BCUT2D eigenvalue weighted by Gasteiger charge is 2.22. The molecule has 0 spiro atoms. The van der Waals surface area contributed by atoms with Gasteiger partial charge in [0.25, 0.3) is 5.56 Å². The van der Waals surface area contributed by atoms with Crippen molar-refractivity contribution in [2.24, 2.45) is 5.92 Å². The van der Waals surface area contributed by atoms with Crippen molar-refractivity contribution in [3.63, 3.8) is 0 Å². The van der Waals surface area contributed by atoms with Crippen LogP contribution in [0.3, 0.4) is 0 Å². The quantitative estimate of drug-likeness (QED) is 0.464. The topological polar surface area (TPSA) is 55.2 Å². The molecule has 0 unspecified atom stereocenters. The maximum atomic E-state index is 13.4. The molecule has 1 aromatic heterocycles. The molecule has 2 heterocycles. The number of likely N-dealkylation sites (tertiary alicyclic amines) is 1. The molecule has 30 heavy (non-hydrogen) atoms. The summed E-state index contributed by atoms with van der Waals surface area (Å²) in [5, 5.41) is 1.14. The number of hydrogen-bond donors (Lipinski definition) is 0. The lowest BCUT2D eigenvalue weighted by molar-refractivity contribution is -0.130. The van der Waals surface area contributed by atoms with E-state index in [1.807, 2.05) is 49.1 Å². The van der Waals surface area contributed by atoms with Gasteiger partial charge in [0.15, 0.2) is 5.16 Å². The summed E-state index contributed by atoms with van der Waals surface area (Å²) in [4.78, 5) is 32.9. The molecule has 2 aromatic carbocycles. The first-order valence-corrected chi connectivity index (χ1v) is 11.4. The van der Waals surface area contributed by atoms with Crippen LogP contribution in [0.4, 0.5) is 0 Å². The van der Waals surface area contributed by atoms with E-state index in [1.165, 1.54) is 18.2 Å². The third-order valence-corrected chi connectivity index (χ3v) is 6.60. The number of hydrogen-bond acceptors (Lipinski definition) is 4. The second-order valence-electron chi connectivity index (χ2n) is 8.22. The average molecular weight is 422 g/mol. The molecule has 0 bridgehead atoms. The Balaban J connectivity index is 1.72. The molecule has 1 aliphatic heterocycles. The Bertz CT molecular complexity index is 1150. The van der Waals surface area contributed by atoms with E-state index < -0.39 is 0 Å². The Morgan fingerprint density at radius 3 is 2.77 bits per heavy atom. The van der Waals surface area contributed by atoms with Crippen LogP contribution in [-0.2, 0) is 4.79 Å². The summed E-state index contributed by atoms with van der Waals surface area (Å²) in [7, 11) is 0. The van der Waals surface area contributed by atoms with Crippen LogP contribution in [0.2, 0.25) is 0 Å². The third kappa shape index (κ3) is 4.15. The minimum atomic E-state index is -0.103. The summed E-state index contributed by atoms with van der Waals surface area (Å²) in [6, 6.07) is 13.4. The number of thioether (sulfide) groups is 1. The van der Waals surface area contributed by atoms with Crippen LogP contribution in [0.15, 0.2) is 52.4 Å². The van der Waals surface area contributed by atoms with Gasteiger partial charge in [0.05, 0.1) is 22.3 Å². The molecule has 1 aliphatic rings. The Hall–Kier alpha value is -2.60. The first-order chi connectivity index (χ1) is 14.4. The van der Waals surface area contributed by atoms with Crippen LogP contribution < -0.4 is 5.56 Å². The number of amides is 1. The number of carbonyl (C=O) groups is 1. The fourth-order valence-corrected chi connectivity index (χ4v) is 5.02. The minimum absolute atomic E-state index is 0.103. The SMILES string of the molecule is Cc1ccc(-n2c(SCC(=O)N3CCC[C@H](C)C3)nc3ccccc3c2=O)c(C)c1. The summed E-state index contributed by atoms with van der Waals surface area (Å²) in [5.74, 6) is 0.934. The van der Waals surface area contributed by atoms with Crippen LogP contribution >= 0.6 is 11.8 Å². The zero-order chi connectivity index (χ0) is 21.3.